The smallest absolute Gasteiger partial charge is 0.240 e. The van der Waals surface area contributed by atoms with Crippen LogP contribution in [0.15, 0.2) is 65.6 Å². The minimum absolute atomic E-state index is 0.229. The second-order valence-corrected chi connectivity index (χ2v) is 10.8. The Morgan fingerprint density at radius 2 is 1.88 bits per heavy atom. The molecular weight excluding hydrogens is 436 g/mol. The van der Waals surface area contributed by atoms with Crippen LogP contribution in [0.2, 0.25) is 0 Å². The van der Waals surface area contributed by atoms with Crippen molar-refractivity contribution >= 4 is 10.0 Å². The molecule has 0 spiro atoms. The number of sulfonamides is 1. The third kappa shape index (κ3) is 4.43. The van der Waals surface area contributed by atoms with Crippen LogP contribution in [0.25, 0.3) is 11.3 Å². The van der Waals surface area contributed by atoms with Crippen LogP contribution in [0.5, 0.6) is 5.75 Å². The lowest BCUT2D eigenvalue weighted by Crippen LogP contribution is -2.56. The van der Waals surface area contributed by atoms with Gasteiger partial charge >= 0.3 is 0 Å². The zero-order valence-electron chi connectivity index (χ0n) is 19.0. The molecule has 174 valence electrons. The third-order valence-corrected chi connectivity index (χ3v) is 8.56. The van der Waals surface area contributed by atoms with Crippen molar-refractivity contribution in [1.82, 2.24) is 19.4 Å². The first kappa shape index (κ1) is 22.1. The summed E-state index contributed by atoms with van der Waals surface area (Å²) in [6, 6.07) is 19.0. The number of ether oxygens (including phenoxy) is 1. The van der Waals surface area contributed by atoms with E-state index in [2.05, 4.69) is 15.7 Å². The summed E-state index contributed by atoms with van der Waals surface area (Å²) in [5, 5.41) is 4.78. The van der Waals surface area contributed by atoms with Crippen molar-refractivity contribution in [3.63, 3.8) is 0 Å². The van der Waals surface area contributed by atoms with Crippen molar-refractivity contribution in [3.8, 4) is 17.0 Å². The lowest BCUT2D eigenvalue weighted by atomic mass is 9.74. The maximum absolute atomic E-state index is 12.6. The minimum Gasteiger partial charge on any atom is -0.497 e. The van der Waals surface area contributed by atoms with Crippen molar-refractivity contribution in [2.75, 3.05) is 26.7 Å². The molecule has 8 heteroatoms. The topological polar surface area (TPSA) is 76.5 Å². The van der Waals surface area contributed by atoms with Crippen molar-refractivity contribution < 1.29 is 13.2 Å². The van der Waals surface area contributed by atoms with Gasteiger partial charge in [-0.25, -0.2) is 13.1 Å². The Hall–Kier alpha value is -2.68. The molecule has 3 aromatic rings. The van der Waals surface area contributed by atoms with E-state index >= 15 is 0 Å². The molecule has 3 saturated heterocycles. The number of benzene rings is 2. The summed E-state index contributed by atoms with van der Waals surface area (Å²) >= 11 is 0. The molecule has 2 bridgehead atoms. The Kier molecular flexibility index (Phi) is 5.99. The van der Waals surface area contributed by atoms with Crippen LogP contribution in [0, 0.1) is 5.92 Å². The average Bonchev–Trinajstić information content (AvgIpc) is 3.25. The summed E-state index contributed by atoms with van der Waals surface area (Å²) in [4.78, 5) is 2.76. The number of hydrogen-bond donors (Lipinski definition) is 1. The first-order valence-corrected chi connectivity index (χ1v) is 12.9. The minimum atomic E-state index is -3.48. The average molecular weight is 467 g/mol. The van der Waals surface area contributed by atoms with Gasteiger partial charge in [-0.2, -0.15) is 5.10 Å². The van der Waals surface area contributed by atoms with E-state index in [-0.39, 0.29) is 6.04 Å². The second-order valence-electron chi connectivity index (χ2n) is 9.01. The highest BCUT2D eigenvalue weighted by Crippen LogP contribution is 2.42. The van der Waals surface area contributed by atoms with E-state index in [1.54, 1.807) is 31.4 Å². The number of methoxy groups -OCH3 is 1. The van der Waals surface area contributed by atoms with Crippen LogP contribution < -0.4 is 9.46 Å². The zero-order chi connectivity index (χ0) is 23.0. The lowest BCUT2D eigenvalue weighted by Gasteiger charge is -2.49. The van der Waals surface area contributed by atoms with Gasteiger partial charge < -0.3 is 4.74 Å². The quantitative estimate of drug-likeness (QED) is 0.579. The van der Waals surface area contributed by atoms with Crippen molar-refractivity contribution in [2.24, 2.45) is 13.0 Å². The number of aryl methyl sites for hydroxylation is 1. The molecule has 0 amide bonds. The highest BCUT2D eigenvalue weighted by Gasteiger charge is 2.42. The van der Waals surface area contributed by atoms with Gasteiger partial charge in [0.1, 0.15) is 5.75 Å². The fraction of sp³-hybridized carbons (Fsp3) is 0.400. The number of nitrogens with one attached hydrogen (secondary N) is 1. The van der Waals surface area contributed by atoms with E-state index in [4.69, 9.17) is 9.84 Å². The van der Waals surface area contributed by atoms with E-state index in [1.165, 1.54) is 5.69 Å². The van der Waals surface area contributed by atoms with Gasteiger partial charge in [-0.15, -0.1) is 0 Å². The van der Waals surface area contributed by atoms with Crippen LogP contribution in [0.4, 0.5) is 0 Å². The van der Waals surface area contributed by atoms with E-state index in [0.29, 0.717) is 23.3 Å². The summed E-state index contributed by atoms with van der Waals surface area (Å²) in [7, 11) is 0.206. The van der Waals surface area contributed by atoms with Gasteiger partial charge in [0.15, 0.2) is 0 Å². The highest BCUT2D eigenvalue weighted by molar-refractivity contribution is 7.89. The Morgan fingerprint density at radius 3 is 2.55 bits per heavy atom. The molecule has 6 rings (SSSR count). The van der Waals surface area contributed by atoms with Gasteiger partial charge in [-0.1, -0.05) is 18.2 Å². The summed E-state index contributed by atoms with van der Waals surface area (Å²) in [6.07, 6.45) is 2.13. The molecule has 33 heavy (non-hydrogen) atoms. The predicted molar refractivity (Wildman–Crippen MR) is 128 cm³/mol. The Morgan fingerprint density at radius 1 is 1.12 bits per heavy atom. The van der Waals surface area contributed by atoms with Gasteiger partial charge in [0.2, 0.25) is 10.0 Å². The molecule has 3 fully saturated rings. The largest absolute Gasteiger partial charge is 0.497 e. The molecule has 1 aromatic heterocycles. The number of piperidine rings is 3. The van der Waals surface area contributed by atoms with Gasteiger partial charge in [0.25, 0.3) is 0 Å². The van der Waals surface area contributed by atoms with Crippen LogP contribution >= 0.6 is 0 Å². The van der Waals surface area contributed by atoms with Crippen LogP contribution in [0.1, 0.15) is 24.5 Å². The number of aromatic nitrogens is 2. The van der Waals surface area contributed by atoms with Crippen LogP contribution in [-0.2, 0) is 17.1 Å². The number of rotatable bonds is 7. The summed E-state index contributed by atoms with van der Waals surface area (Å²) in [6.45, 7) is 2.40. The van der Waals surface area contributed by atoms with E-state index in [9.17, 15) is 8.42 Å². The molecule has 2 aromatic carbocycles. The first-order chi connectivity index (χ1) is 15.9. The van der Waals surface area contributed by atoms with Gasteiger partial charge in [-0.3, -0.25) is 9.58 Å². The third-order valence-electron chi connectivity index (χ3n) is 7.12. The van der Waals surface area contributed by atoms with Gasteiger partial charge in [0.05, 0.1) is 17.7 Å². The fourth-order valence-electron chi connectivity index (χ4n) is 5.31. The van der Waals surface area contributed by atoms with Crippen molar-refractivity contribution in [3.05, 3.63) is 66.4 Å². The van der Waals surface area contributed by atoms with E-state index in [0.717, 1.165) is 42.9 Å². The normalized spacial score (nSPS) is 24.7. The molecule has 4 heterocycles. The van der Waals surface area contributed by atoms with Gasteiger partial charge in [-0.05, 0) is 67.8 Å². The summed E-state index contributed by atoms with van der Waals surface area (Å²) in [5.41, 5.74) is 3.30. The molecule has 1 unspecified atom stereocenters. The summed E-state index contributed by atoms with van der Waals surface area (Å²) in [5.74, 6) is 1.77. The van der Waals surface area contributed by atoms with Crippen molar-refractivity contribution in [2.45, 2.75) is 29.7 Å². The Labute approximate surface area is 195 Å². The Bertz CT molecular complexity index is 1210. The molecular formula is C25H30N4O3S. The summed E-state index contributed by atoms with van der Waals surface area (Å²) < 4.78 is 35.4. The second kappa shape index (κ2) is 8.93. The first-order valence-electron chi connectivity index (χ1n) is 11.4. The van der Waals surface area contributed by atoms with Gasteiger partial charge in [0, 0.05) is 43.4 Å². The number of nitrogens with zero attached hydrogens (tertiary/aromatic N) is 3. The molecule has 0 aliphatic carbocycles. The maximum Gasteiger partial charge on any atom is 0.240 e. The lowest BCUT2D eigenvalue weighted by molar-refractivity contribution is 0.0306. The Balaban J connectivity index is 1.27. The molecule has 0 saturated carbocycles. The van der Waals surface area contributed by atoms with E-state index in [1.807, 2.05) is 42.1 Å². The van der Waals surface area contributed by atoms with Crippen molar-refractivity contribution in [1.29, 1.82) is 0 Å². The van der Waals surface area contributed by atoms with Crippen LogP contribution in [-0.4, -0.2) is 55.9 Å². The highest BCUT2D eigenvalue weighted by atomic mass is 32.2. The molecule has 7 nitrogen and oxygen atoms in total. The monoisotopic (exact) mass is 466 g/mol. The number of hydrogen-bond acceptors (Lipinski definition) is 5. The fourth-order valence-corrected chi connectivity index (χ4v) is 6.40. The molecule has 4 atom stereocenters. The standard InChI is InChI=1S/C25H30N4O3S/c1-28-25(15-24(27-28)18-8-10-21(32-2)11-9-18)23-17-29-13-12-19(23)14-20(29)16-26-33(30,31)22-6-4-3-5-7-22/h3-11,15,19-20,23,26H,12-14,16-17H2,1-2H3/t19-,20+,23-/m0/s1. The molecule has 3 aliphatic rings. The maximum atomic E-state index is 12.6. The number of fused-ring (bicyclic) bond motifs is 3. The van der Waals surface area contributed by atoms with Crippen LogP contribution in [0.3, 0.4) is 0 Å². The molecule has 0 radical (unpaired) electrons. The molecule has 3 aliphatic heterocycles. The zero-order valence-corrected chi connectivity index (χ0v) is 19.8. The predicted octanol–water partition coefficient (Wildman–Crippen LogP) is 3.25. The van der Waals surface area contributed by atoms with E-state index < -0.39 is 10.0 Å². The SMILES string of the molecule is COc1ccc(-c2cc([C@H]3CN4CC[C@H]3C[C@@H]4CNS(=O)(=O)c3ccccc3)n(C)n2)cc1. The molecule has 1 N–H and O–H groups in total.